The molecule has 4 nitrogen and oxygen atoms in total. The summed E-state index contributed by atoms with van der Waals surface area (Å²) in [5.74, 6) is 1.41. The van der Waals surface area contributed by atoms with E-state index in [0.29, 0.717) is 18.4 Å². The van der Waals surface area contributed by atoms with Crippen LogP contribution in [0.25, 0.3) is 0 Å². The summed E-state index contributed by atoms with van der Waals surface area (Å²) in [7, 11) is 0. The molecule has 0 unspecified atom stereocenters. The molecule has 1 N–H and O–H groups in total. The summed E-state index contributed by atoms with van der Waals surface area (Å²) in [6, 6.07) is 14.6. The van der Waals surface area contributed by atoms with E-state index in [1.165, 1.54) is 16.7 Å². The number of likely N-dealkylation sites (tertiary alicyclic amines) is 1. The molecule has 2 heterocycles. The highest BCUT2D eigenvalue weighted by molar-refractivity contribution is 7.96. The maximum atomic E-state index is 12.5. The molecule has 6 heteroatoms. The SMILES string of the molecule is CSN1[C@@H](c2ccc(OCCN3CC(CF)C3)cc2)c2ccc(O)cc2C[C@H]1C. The Bertz CT molecular complexity index is 826. The Morgan fingerprint density at radius 1 is 1.17 bits per heavy atom. The van der Waals surface area contributed by atoms with E-state index in [-0.39, 0.29) is 18.6 Å². The zero-order valence-corrected chi connectivity index (χ0v) is 17.9. The number of hydrogen-bond donors (Lipinski definition) is 1. The molecular weight excluding hydrogens is 387 g/mol. The van der Waals surface area contributed by atoms with Crippen LogP contribution in [-0.2, 0) is 6.42 Å². The van der Waals surface area contributed by atoms with Crippen LogP contribution < -0.4 is 4.74 Å². The maximum absolute atomic E-state index is 12.5. The van der Waals surface area contributed by atoms with Gasteiger partial charge >= 0.3 is 0 Å². The van der Waals surface area contributed by atoms with Crippen LogP contribution in [0.4, 0.5) is 4.39 Å². The van der Waals surface area contributed by atoms with Crippen LogP contribution in [0.5, 0.6) is 11.5 Å². The Kier molecular flexibility index (Phi) is 6.32. The van der Waals surface area contributed by atoms with Crippen molar-refractivity contribution in [2.75, 3.05) is 39.2 Å². The van der Waals surface area contributed by atoms with E-state index in [1.54, 1.807) is 18.0 Å². The minimum Gasteiger partial charge on any atom is -0.508 e. The second-order valence-electron chi connectivity index (χ2n) is 8.08. The van der Waals surface area contributed by atoms with Crippen molar-refractivity contribution in [2.24, 2.45) is 5.92 Å². The molecule has 156 valence electrons. The topological polar surface area (TPSA) is 35.9 Å². The van der Waals surface area contributed by atoms with Gasteiger partial charge in [0.1, 0.15) is 18.1 Å². The van der Waals surface area contributed by atoms with Crippen LogP contribution in [0.15, 0.2) is 42.5 Å². The van der Waals surface area contributed by atoms with Crippen LogP contribution in [0.1, 0.15) is 29.7 Å². The van der Waals surface area contributed by atoms with Crippen molar-refractivity contribution in [3.63, 3.8) is 0 Å². The lowest BCUT2D eigenvalue weighted by Gasteiger charge is -2.40. The second kappa shape index (κ2) is 8.94. The van der Waals surface area contributed by atoms with E-state index in [9.17, 15) is 9.50 Å². The zero-order valence-electron chi connectivity index (χ0n) is 17.1. The summed E-state index contributed by atoms with van der Waals surface area (Å²) in [5.41, 5.74) is 3.69. The number of fused-ring (bicyclic) bond motifs is 1. The molecule has 0 saturated carbocycles. The molecular formula is C23H29FN2O2S. The fraction of sp³-hybridized carbons (Fsp3) is 0.478. The molecule has 29 heavy (non-hydrogen) atoms. The summed E-state index contributed by atoms with van der Waals surface area (Å²) in [4.78, 5) is 2.23. The molecule has 0 spiro atoms. The van der Waals surface area contributed by atoms with Crippen LogP contribution in [-0.4, -0.2) is 59.5 Å². The van der Waals surface area contributed by atoms with Crippen molar-refractivity contribution in [3.8, 4) is 11.5 Å². The zero-order chi connectivity index (χ0) is 20.4. The van der Waals surface area contributed by atoms with E-state index >= 15 is 0 Å². The monoisotopic (exact) mass is 416 g/mol. The fourth-order valence-corrected chi connectivity index (χ4v) is 5.32. The number of benzene rings is 2. The number of phenolic OH excluding ortho intramolecular Hbond substituents is 1. The molecule has 1 fully saturated rings. The van der Waals surface area contributed by atoms with Crippen molar-refractivity contribution in [2.45, 2.75) is 25.4 Å². The minimum atomic E-state index is -0.214. The van der Waals surface area contributed by atoms with Gasteiger partial charge in [-0.2, -0.15) is 0 Å². The molecule has 0 amide bonds. The van der Waals surface area contributed by atoms with Gasteiger partial charge in [0.2, 0.25) is 0 Å². The molecule has 2 aliphatic rings. The van der Waals surface area contributed by atoms with Crippen molar-refractivity contribution in [1.82, 2.24) is 9.21 Å². The third-order valence-electron chi connectivity index (χ3n) is 5.96. The first kappa shape index (κ1) is 20.5. The van der Waals surface area contributed by atoms with E-state index < -0.39 is 0 Å². The third kappa shape index (κ3) is 4.39. The van der Waals surface area contributed by atoms with Gasteiger partial charge in [0.15, 0.2) is 0 Å². The van der Waals surface area contributed by atoms with Crippen molar-refractivity contribution >= 4 is 11.9 Å². The molecule has 2 aromatic carbocycles. The molecule has 0 aromatic heterocycles. The molecule has 0 aliphatic carbocycles. The van der Waals surface area contributed by atoms with Gasteiger partial charge in [-0.15, -0.1) is 0 Å². The molecule has 2 aromatic rings. The highest BCUT2D eigenvalue weighted by Crippen LogP contribution is 2.42. The van der Waals surface area contributed by atoms with Crippen molar-refractivity contribution in [3.05, 3.63) is 59.2 Å². The second-order valence-corrected chi connectivity index (χ2v) is 8.87. The molecule has 4 rings (SSSR count). The van der Waals surface area contributed by atoms with Crippen LogP contribution in [0.3, 0.4) is 0 Å². The number of hydrogen-bond acceptors (Lipinski definition) is 5. The van der Waals surface area contributed by atoms with Gasteiger partial charge in [0.05, 0.1) is 12.7 Å². The summed E-state index contributed by atoms with van der Waals surface area (Å²) in [5, 5.41) is 9.91. The number of halogens is 1. The predicted molar refractivity (Wildman–Crippen MR) is 116 cm³/mol. The van der Waals surface area contributed by atoms with Gasteiger partial charge < -0.3 is 9.84 Å². The third-order valence-corrected chi connectivity index (χ3v) is 6.95. The lowest BCUT2D eigenvalue weighted by atomic mass is 9.87. The number of nitrogens with zero attached hydrogens (tertiary/aromatic N) is 2. The summed E-state index contributed by atoms with van der Waals surface area (Å²) >= 11 is 1.76. The van der Waals surface area contributed by atoms with Gasteiger partial charge in [-0.25, -0.2) is 4.31 Å². The molecule has 2 atom stereocenters. The Morgan fingerprint density at radius 3 is 2.62 bits per heavy atom. The van der Waals surface area contributed by atoms with Gasteiger partial charge in [-0.3, -0.25) is 9.29 Å². The Balaban J connectivity index is 1.44. The Hall–Kier alpha value is -1.76. The van der Waals surface area contributed by atoms with Crippen molar-refractivity contribution < 1.29 is 14.2 Å². The van der Waals surface area contributed by atoms with E-state index in [4.69, 9.17) is 4.74 Å². The smallest absolute Gasteiger partial charge is 0.119 e. The number of rotatable bonds is 7. The summed E-state index contributed by atoms with van der Waals surface area (Å²) in [6.45, 7) is 5.18. The predicted octanol–water partition coefficient (Wildman–Crippen LogP) is 4.29. The first-order valence-corrected chi connectivity index (χ1v) is 11.4. The average Bonchev–Trinajstić information content (AvgIpc) is 2.69. The van der Waals surface area contributed by atoms with Crippen molar-refractivity contribution in [1.29, 1.82) is 0 Å². The normalized spacial score (nSPS) is 22.9. The van der Waals surface area contributed by atoms with E-state index in [1.807, 2.05) is 24.3 Å². The van der Waals surface area contributed by atoms with Crippen LogP contribution in [0, 0.1) is 5.92 Å². The summed E-state index contributed by atoms with van der Waals surface area (Å²) < 4.78 is 20.8. The lowest BCUT2D eigenvalue weighted by Crippen LogP contribution is -2.49. The molecule has 2 aliphatic heterocycles. The highest BCUT2D eigenvalue weighted by Gasteiger charge is 2.33. The fourth-order valence-electron chi connectivity index (χ4n) is 4.44. The Morgan fingerprint density at radius 2 is 1.93 bits per heavy atom. The van der Waals surface area contributed by atoms with E-state index in [0.717, 1.165) is 31.8 Å². The number of ether oxygens (including phenoxy) is 1. The van der Waals surface area contributed by atoms with E-state index in [2.05, 4.69) is 34.5 Å². The first-order chi connectivity index (χ1) is 14.1. The molecule has 0 radical (unpaired) electrons. The minimum absolute atomic E-state index is 0.150. The quantitative estimate of drug-likeness (QED) is 0.682. The number of aromatic hydroxyl groups is 1. The lowest BCUT2D eigenvalue weighted by molar-refractivity contribution is 0.0668. The molecule has 0 bridgehead atoms. The summed E-state index contributed by atoms with van der Waals surface area (Å²) in [6.07, 6.45) is 3.05. The molecule has 1 saturated heterocycles. The van der Waals surface area contributed by atoms with Gasteiger partial charge in [0.25, 0.3) is 0 Å². The average molecular weight is 417 g/mol. The van der Waals surface area contributed by atoms with Gasteiger partial charge in [-0.1, -0.05) is 30.1 Å². The highest BCUT2D eigenvalue weighted by atomic mass is 32.2. The largest absolute Gasteiger partial charge is 0.508 e. The number of phenols is 1. The van der Waals surface area contributed by atoms with Gasteiger partial charge in [0, 0.05) is 31.6 Å². The maximum Gasteiger partial charge on any atom is 0.119 e. The number of alkyl halides is 1. The Labute approximate surface area is 176 Å². The van der Waals surface area contributed by atoms with Gasteiger partial charge in [-0.05, 0) is 60.6 Å². The van der Waals surface area contributed by atoms with Crippen LogP contribution in [0.2, 0.25) is 0 Å². The first-order valence-electron chi connectivity index (χ1n) is 10.2. The standard InChI is InChI=1S/C23H29FN2O2S/c1-16-11-19-12-20(27)5-8-22(19)23(26(16)29-2)18-3-6-21(7-4-18)28-10-9-25-14-17(13-24)15-25/h3-8,12,16-17,23,27H,9-11,13-15H2,1-2H3/t16-,23+/m1/s1. The van der Waals surface area contributed by atoms with Crippen LogP contribution >= 0.6 is 11.9 Å².